The van der Waals surface area contributed by atoms with E-state index in [1.54, 1.807) is 0 Å². The Hall–Kier alpha value is -1.06. The predicted octanol–water partition coefficient (Wildman–Crippen LogP) is 2.27. The quantitative estimate of drug-likeness (QED) is 0.736. The molecule has 1 aliphatic carbocycles. The second-order valence-corrected chi connectivity index (χ2v) is 5.41. The lowest BCUT2D eigenvalue weighted by molar-refractivity contribution is -0.112. The Morgan fingerprint density at radius 3 is 2.62 bits per heavy atom. The van der Waals surface area contributed by atoms with Crippen LogP contribution in [0, 0.1) is 5.92 Å². The van der Waals surface area contributed by atoms with Crippen LogP contribution >= 0.6 is 0 Å². The van der Waals surface area contributed by atoms with Crippen molar-refractivity contribution in [2.24, 2.45) is 5.92 Å². The summed E-state index contributed by atoms with van der Waals surface area (Å²) in [5.41, 5.74) is -0.469. The molecule has 0 heterocycles. The third kappa shape index (κ3) is 4.64. The Balaban J connectivity index is 2.36. The number of hydrogen-bond acceptors (Lipinski definition) is 3. The van der Waals surface area contributed by atoms with Crippen molar-refractivity contribution in [1.82, 2.24) is 5.32 Å². The van der Waals surface area contributed by atoms with Gasteiger partial charge in [-0.3, -0.25) is 0 Å². The van der Waals surface area contributed by atoms with Gasteiger partial charge in [-0.1, -0.05) is 6.42 Å². The minimum atomic E-state index is -0.469. The van der Waals surface area contributed by atoms with Crippen molar-refractivity contribution >= 4 is 12.4 Å². The van der Waals surface area contributed by atoms with Crippen LogP contribution in [0.25, 0.3) is 0 Å². The van der Waals surface area contributed by atoms with Crippen LogP contribution in [0.4, 0.5) is 4.79 Å². The number of nitrogens with one attached hydrogen (secondary N) is 1. The maximum Gasteiger partial charge on any atom is 0.407 e. The zero-order valence-electron chi connectivity index (χ0n) is 10.3. The number of aldehydes is 1. The number of alkyl carbamates (subject to hydrolysis) is 1. The third-order valence-corrected chi connectivity index (χ3v) is 2.63. The minimum absolute atomic E-state index is 0.0822. The molecule has 1 rings (SSSR count). The van der Waals surface area contributed by atoms with E-state index in [9.17, 15) is 9.59 Å². The van der Waals surface area contributed by atoms with Crippen molar-refractivity contribution in [2.45, 2.75) is 58.1 Å². The molecule has 0 aromatic carbocycles. The lowest BCUT2D eigenvalue weighted by atomic mass is 9.87. The number of carbonyl (C=O) groups excluding carboxylic acids is 2. The molecule has 1 aliphatic rings. The Kier molecular flexibility index (Phi) is 4.33. The normalized spacial score (nSPS) is 25.9. The van der Waals surface area contributed by atoms with Crippen molar-refractivity contribution in [3.63, 3.8) is 0 Å². The molecule has 0 radical (unpaired) electrons. The largest absolute Gasteiger partial charge is 0.444 e. The fraction of sp³-hybridized carbons (Fsp3) is 0.833. The van der Waals surface area contributed by atoms with Gasteiger partial charge in [-0.25, -0.2) is 4.79 Å². The summed E-state index contributed by atoms with van der Waals surface area (Å²) in [4.78, 5) is 22.2. The first-order chi connectivity index (χ1) is 7.40. The molecule has 0 unspecified atom stereocenters. The summed E-state index contributed by atoms with van der Waals surface area (Å²) in [6, 6.07) is 0.0822. The van der Waals surface area contributed by atoms with Crippen molar-refractivity contribution in [3.05, 3.63) is 0 Å². The van der Waals surface area contributed by atoms with E-state index in [0.29, 0.717) is 0 Å². The highest BCUT2D eigenvalue weighted by atomic mass is 16.6. The van der Waals surface area contributed by atoms with Crippen LogP contribution < -0.4 is 5.32 Å². The smallest absolute Gasteiger partial charge is 0.407 e. The molecule has 0 aromatic rings. The fourth-order valence-electron chi connectivity index (χ4n) is 1.96. The van der Waals surface area contributed by atoms with E-state index in [-0.39, 0.29) is 18.1 Å². The summed E-state index contributed by atoms with van der Waals surface area (Å²) in [6.07, 6.45) is 4.21. The molecule has 1 N–H and O–H groups in total. The van der Waals surface area contributed by atoms with Gasteiger partial charge in [0.15, 0.2) is 0 Å². The van der Waals surface area contributed by atoms with Crippen molar-refractivity contribution in [3.8, 4) is 0 Å². The summed E-state index contributed by atoms with van der Waals surface area (Å²) in [5.74, 6) is 0.0914. The van der Waals surface area contributed by atoms with Crippen molar-refractivity contribution in [1.29, 1.82) is 0 Å². The highest BCUT2D eigenvalue weighted by molar-refractivity contribution is 5.68. The number of amides is 1. The number of hydrogen-bond donors (Lipinski definition) is 1. The number of carbonyl (C=O) groups is 2. The molecule has 1 saturated carbocycles. The van der Waals surface area contributed by atoms with E-state index in [1.807, 2.05) is 20.8 Å². The fourth-order valence-corrected chi connectivity index (χ4v) is 1.96. The summed E-state index contributed by atoms with van der Waals surface area (Å²) in [5, 5.41) is 2.82. The molecule has 0 saturated heterocycles. The molecular weight excluding hydrogens is 206 g/mol. The number of ether oxygens (including phenoxy) is 1. The van der Waals surface area contributed by atoms with Gasteiger partial charge in [0.1, 0.15) is 11.9 Å². The SMILES string of the molecule is CC(C)(C)OC(=O)N[C@H]1CCC[C@@H](C=O)C1. The van der Waals surface area contributed by atoms with E-state index in [0.717, 1.165) is 32.0 Å². The highest BCUT2D eigenvalue weighted by Crippen LogP contribution is 2.22. The highest BCUT2D eigenvalue weighted by Gasteiger charge is 2.24. The Morgan fingerprint density at radius 2 is 2.06 bits per heavy atom. The molecule has 1 amide bonds. The maximum absolute atomic E-state index is 11.5. The first-order valence-corrected chi connectivity index (χ1v) is 5.85. The van der Waals surface area contributed by atoms with Gasteiger partial charge in [-0.05, 0) is 40.0 Å². The molecule has 2 atom stereocenters. The molecule has 0 spiro atoms. The monoisotopic (exact) mass is 227 g/mol. The molecule has 0 bridgehead atoms. The first-order valence-electron chi connectivity index (χ1n) is 5.85. The second-order valence-electron chi connectivity index (χ2n) is 5.41. The molecular formula is C12H21NO3. The zero-order chi connectivity index (χ0) is 12.2. The molecule has 0 aliphatic heterocycles. The Labute approximate surface area is 96.7 Å². The van der Waals surface area contributed by atoms with Crippen LogP contribution in [0.2, 0.25) is 0 Å². The molecule has 0 aromatic heterocycles. The molecule has 4 heteroatoms. The van der Waals surface area contributed by atoms with Gasteiger partial charge in [0.05, 0.1) is 0 Å². The van der Waals surface area contributed by atoms with Gasteiger partial charge in [0.25, 0.3) is 0 Å². The average Bonchev–Trinajstić information content (AvgIpc) is 2.15. The van der Waals surface area contributed by atoms with E-state index in [2.05, 4.69) is 5.32 Å². The van der Waals surface area contributed by atoms with Crippen molar-refractivity contribution in [2.75, 3.05) is 0 Å². The van der Waals surface area contributed by atoms with Gasteiger partial charge in [-0.2, -0.15) is 0 Å². The molecule has 16 heavy (non-hydrogen) atoms. The topological polar surface area (TPSA) is 55.4 Å². The van der Waals surface area contributed by atoms with Gasteiger partial charge >= 0.3 is 6.09 Å². The second kappa shape index (κ2) is 5.32. The predicted molar refractivity (Wildman–Crippen MR) is 61.2 cm³/mol. The van der Waals surface area contributed by atoms with E-state index in [1.165, 1.54) is 0 Å². The van der Waals surface area contributed by atoms with Gasteiger partial charge < -0.3 is 14.8 Å². The van der Waals surface area contributed by atoms with Crippen LogP contribution in [-0.4, -0.2) is 24.0 Å². The lowest BCUT2D eigenvalue weighted by Crippen LogP contribution is -2.41. The summed E-state index contributed by atoms with van der Waals surface area (Å²) in [6.45, 7) is 5.50. The molecule has 1 fully saturated rings. The van der Waals surface area contributed by atoms with Crippen LogP contribution in [0.5, 0.6) is 0 Å². The lowest BCUT2D eigenvalue weighted by Gasteiger charge is -2.28. The molecule has 92 valence electrons. The van der Waals surface area contributed by atoms with Gasteiger partial charge in [0, 0.05) is 12.0 Å². The van der Waals surface area contributed by atoms with E-state index < -0.39 is 5.60 Å². The third-order valence-electron chi connectivity index (χ3n) is 2.63. The van der Waals surface area contributed by atoms with Gasteiger partial charge in [-0.15, -0.1) is 0 Å². The summed E-state index contributed by atoms with van der Waals surface area (Å²) < 4.78 is 5.17. The maximum atomic E-state index is 11.5. The number of rotatable bonds is 2. The van der Waals surface area contributed by atoms with Crippen molar-refractivity contribution < 1.29 is 14.3 Å². The van der Waals surface area contributed by atoms with Gasteiger partial charge in [0.2, 0.25) is 0 Å². The summed E-state index contributed by atoms with van der Waals surface area (Å²) in [7, 11) is 0. The standard InChI is InChI=1S/C12H21NO3/c1-12(2,3)16-11(15)13-10-6-4-5-9(7-10)8-14/h8-10H,4-7H2,1-3H3,(H,13,15)/t9-,10+/m1/s1. The zero-order valence-corrected chi connectivity index (χ0v) is 10.3. The van der Waals surface area contributed by atoms with Crippen LogP contribution in [0.1, 0.15) is 46.5 Å². The summed E-state index contributed by atoms with van der Waals surface area (Å²) >= 11 is 0. The van der Waals surface area contributed by atoms with Crippen LogP contribution in [0.3, 0.4) is 0 Å². The average molecular weight is 227 g/mol. The Bertz CT molecular complexity index is 257. The first kappa shape index (κ1) is 13.0. The Morgan fingerprint density at radius 1 is 1.38 bits per heavy atom. The van der Waals surface area contributed by atoms with E-state index in [4.69, 9.17) is 4.74 Å². The molecule has 4 nitrogen and oxygen atoms in total. The van der Waals surface area contributed by atoms with Crippen LogP contribution in [-0.2, 0) is 9.53 Å². The minimum Gasteiger partial charge on any atom is -0.444 e. The van der Waals surface area contributed by atoms with E-state index >= 15 is 0 Å². The van der Waals surface area contributed by atoms with Crippen LogP contribution in [0.15, 0.2) is 0 Å².